The molecular formula is C18H26N4O2. The van der Waals surface area contributed by atoms with Crippen LogP contribution in [-0.4, -0.2) is 33.2 Å². The van der Waals surface area contributed by atoms with E-state index in [-0.39, 0.29) is 23.2 Å². The summed E-state index contributed by atoms with van der Waals surface area (Å²) in [6, 6.07) is 3.51. The number of aryl methyl sites for hydroxylation is 1. The van der Waals surface area contributed by atoms with Crippen molar-refractivity contribution >= 4 is 17.4 Å². The number of rotatable bonds is 3. The zero-order valence-electron chi connectivity index (χ0n) is 15.0. The molecule has 1 fully saturated rings. The van der Waals surface area contributed by atoms with Gasteiger partial charge in [-0.25, -0.2) is 9.78 Å². The molecule has 6 heteroatoms. The number of fused-ring (bicyclic) bond motifs is 1. The Hall–Kier alpha value is -2.08. The lowest BCUT2D eigenvalue weighted by atomic mass is 9.87. The molecule has 0 bridgehead atoms. The molecule has 2 amide bonds. The SMILES string of the molecule is Cc1cn2ccc(NC(=O)NCC3CC(C)(C)OC3(C)C)cc2n1. The van der Waals surface area contributed by atoms with Crippen LogP contribution >= 0.6 is 0 Å². The van der Waals surface area contributed by atoms with Crippen LogP contribution in [0, 0.1) is 12.8 Å². The fourth-order valence-corrected chi connectivity index (χ4v) is 3.57. The molecule has 0 aliphatic carbocycles. The molecule has 1 saturated heterocycles. The topological polar surface area (TPSA) is 67.7 Å². The largest absolute Gasteiger partial charge is 0.369 e. The first-order chi connectivity index (χ1) is 11.1. The van der Waals surface area contributed by atoms with Crippen molar-refractivity contribution in [1.29, 1.82) is 0 Å². The van der Waals surface area contributed by atoms with E-state index in [4.69, 9.17) is 4.74 Å². The Morgan fingerprint density at radius 2 is 2.17 bits per heavy atom. The third-order valence-electron chi connectivity index (χ3n) is 4.61. The second-order valence-electron chi connectivity index (χ2n) is 7.76. The van der Waals surface area contributed by atoms with E-state index in [1.807, 2.05) is 35.9 Å². The molecule has 0 spiro atoms. The second-order valence-corrected chi connectivity index (χ2v) is 7.76. The van der Waals surface area contributed by atoms with Crippen molar-refractivity contribution in [3.8, 4) is 0 Å². The van der Waals surface area contributed by atoms with Crippen LogP contribution in [0.4, 0.5) is 10.5 Å². The van der Waals surface area contributed by atoms with Gasteiger partial charge in [0.25, 0.3) is 0 Å². The van der Waals surface area contributed by atoms with Gasteiger partial charge in [0.15, 0.2) is 0 Å². The van der Waals surface area contributed by atoms with E-state index in [1.54, 1.807) is 0 Å². The maximum atomic E-state index is 12.2. The molecule has 0 saturated carbocycles. The summed E-state index contributed by atoms with van der Waals surface area (Å²) in [7, 11) is 0. The lowest BCUT2D eigenvalue weighted by Gasteiger charge is -2.27. The number of carbonyl (C=O) groups excluding carboxylic acids is 1. The average molecular weight is 330 g/mol. The minimum atomic E-state index is -0.233. The van der Waals surface area contributed by atoms with Gasteiger partial charge in [-0.3, -0.25) is 0 Å². The number of aromatic nitrogens is 2. The summed E-state index contributed by atoms with van der Waals surface area (Å²) in [5.41, 5.74) is 2.12. The number of amides is 2. The number of hydrogen-bond donors (Lipinski definition) is 2. The maximum absolute atomic E-state index is 12.2. The summed E-state index contributed by atoms with van der Waals surface area (Å²) in [6.07, 6.45) is 4.77. The molecule has 2 aromatic rings. The van der Waals surface area contributed by atoms with Crippen molar-refractivity contribution in [2.75, 3.05) is 11.9 Å². The Bertz CT molecular complexity index is 763. The number of hydrogen-bond acceptors (Lipinski definition) is 3. The fraction of sp³-hybridized carbons (Fsp3) is 0.556. The molecule has 0 radical (unpaired) electrons. The van der Waals surface area contributed by atoms with Gasteiger partial charge in [-0.2, -0.15) is 0 Å². The minimum absolute atomic E-state index is 0.143. The van der Waals surface area contributed by atoms with E-state index in [9.17, 15) is 4.79 Å². The molecule has 6 nitrogen and oxygen atoms in total. The highest BCUT2D eigenvalue weighted by atomic mass is 16.5. The third kappa shape index (κ3) is 3.53. The Morgan fingerprint density at radius 3 is 2.83 bits per heavy atom. The zero-order valence-corrected chi connectivity index (χ0v) is 15.0. The lowest BCUT2D eigenvalue weighted by molar-refractivity contribution is -0.0740. The normalized spacial score (nSPS) is 21.8. The number of ether oxygens (including phenoxy) is 1. The van der Waals surface area contributed by atoms with E-state index in [0.717, 1.165) is 23.4 Å². The third-order valence-corrected chi connectivity index (χ3v) is 4.61. The monoisotopic (exact) mass is 330 g/mol. The average Bonchev–Trinajstić information content (AvgIpc) is 2.90. The molecule has 0 aromatic carbocycles. The maximum Gasteiger partial charge on any atom is 0.319 e. The summed E-state index contributed by atoms with van der Waals surface area (Å²) in [4.78, 5) is 16.6. The zero-order chi connectivity index (χ0) is 17.5. The highest BCUT2D eigenvalue weighted by Crippen LogP contribution is 2.41. The molecule has 3 rings (SSSR count). The van der Waals surface area contributed by atoms with Crippen LogP contribution in [0.5, 0.6) is 0 Å². The van der Waals surface area contributed by atoms with Gasteiger partial charge in [-0.15, -0.1) is 0 Å². The first kappa shape index (κ1) is 16.8. The Balaban J connectivity index is 1.59. The van der Waals surface area contributed by atoms with Gasteiger partial charge in [-0.1, -0.05) is 0 Å². The fourth-order valence-electron chi connectivity index (χ4n) is 3.57. The second kappa shape index (κ2) is 5.77. The Kier molecular flexibility index (Phi) is 4.03. The molecule has 1 aliphatic rings. The smallest absolute Gasteiger partial charge is 0.319 e. The number of imidazole rings is 1. The summed E-state index contributed by atoms with van der Waals surface area (Å²) in [5, 5.41) is 5.83. The molecule has 2 N–H and O–H groups in total. The van der Waals surface area contributed by atoms with E-state index < -0.39 is 0 Å². The molecular weight excluding hydrogens is 304 g/mol. The van der Waals surface area contributed by atoms with Gasteiger partial charge in [-0.05, 0) is 47.1 Å². The van der Waals surface area contributed by atoms with Crippen molar-refractivity contribution in [1.82, 2.24) is 14.7 Å². The van der Waals surface area contributed by atoms with Crippen molar-refractivity contribution in [2.24, 2.45) is 5.92 Å². The first-order valence-corrected chi connectivity index (χ1v) is 8.35. The summed E-state index contributed by atoms with van der Waals surface area (Å²) >= 11 is 0. The minimum Gasteiger partial charge on any atom is -0.369 e. The van der Waals surface area contributed by atoms with Crippen LogP contribution in [-0.2, 0) is 4.74 Å². The molecule has 24 heavy (non-hydrogen) atoms. The highest BCUT2D eigenvalue weighted by molar-refractivity contribution is 5.89. The van der Waals surface area contributed by atoms with Crippen molar-refractivity contribution in [2.45, 2.75) is 52.2 Å². The summed E-state index contributed by atoms with van der Waals surface area (Å²) in [6.45, 7) is 10.9. The van der Waals surface area contributed by atoms with Crippen LogP contribution in [0.2, 0.25) is 0 Å². The first-order valence-electron chi connectivity index (χ1n) is 8.35. The van der Waals surface area contributed by atoms with Gasteiger partial charge in [0.1, 0.15) is 5.65 Å². The van der Waals surface area contributed by atoms with Crippen molar-refractivity contribution in [3.63, 3.8) is 0 Å². The van der Waals surface area contributed by atoms with E-state index >= 15 is 0 Å². The predicted molar refractivity (Wildman–Crippen MR) is 94.3 cm³/mol. The number of pyridine rings is 1. The van der Waals surface area contributed by atoms with Crippen LogP contribution in [0.1, 0.15) is 39.8 Å². The Morgan fingerprint density at radius 1 is 1.42 bits per heavy atom. The van der Waals surface area contributed by atoms with Gasteiger partial charge >= 0.3 is 6.03 Å². The molecule has 130 valence electrons. The standard InChI is InChI=1S/C18H26N4O2/c1-12-11-22-7-6-14(8-15(22)20-12)21-16(23)19-10-13-9-17(2,3)24-18(13,4)5/h6-8,11,13H,9-10H2,1-5H3,(H2,19,21,23). The van der Waals surface area contributed by atoms with Crippen LogP contribution in [0.15, 0.2) is 24.5 Å². The molecule has 1 aliphatic heterocycles. The summed E-state index contributed by atoms with van der Waals surface area (Å²) < 4.78 is 8.00. The molecule has 1 atom stereocenters. The Labute approximate surface area is 142 Å². The van der Waals surface area contributed by atoms with E-state index in [1.165, 1.54) is 0 Å². The highest BCUT2D eigenvalue weighted by Gasteiger charge is 2.45. The van der Waals surface area contributed by atoms with Gasteiger partial charge in [0.05, 0.1) is 16.9 Å². The van der Waals surface area contributed by atoms with Gasteiger partial charge in [0.2, 0.25) is 0 Å². The van der Waals surface area contributed by atoms with Crippen LogP contribution < -0.4 is 10.6 Å². The van der Waals surface area contributed by atoms with Crippen LogP contribution in [0.25, 0.3) is 5.65 Å². The van der Waals surface area contributed by atoms with Crippen molar-refractivity contribution < 1.29 is 9.53 Å². The van der Waals surface area contributed by atoms with Gasteiger partial charge < -0.3 is 19.8 Å². The summed E-state index contributed by atoms with van der Waals surface area (Å²) in [5.74, 6) is 0.288. The van der Waals surface area contributed by atoms with E-state index in [0.29, 0.717) is 6.54 Å². The number of carbonyl (C=O) groups is 1. The predicted octanol–water partition coefficient (Wildman–Crippen LogP) is 3.36. The molecule has 3 heterocycles. The van der Waals surface area contributed by atoms with Crippen molar-refractivity contribution in [3.05, 3.63) is 30.2 Å². The number of urea groups is 1. The quantitative estimate of drug-likeness (QED) is 0.907. The van der Waals surface area contributed by atoms with E-state index in [2.05, 4.69) is 43.3 Å². The lowest BCUT2D eigenvalue weighted by Crippen LogP contribution is -2.39. The molecule has 2 aromatic heterocycles. The van der Waals surface area contributed by atoms with Crippen LogP contribution in [0.3, 0.4) is 0 Å². The number of nitrogens with zero attached hydrogens (tertiary/aromatic N) is 2. The number of anilines is 1. The number of nitrogens with one attached hydrogen (secondary N) is 2. The van der Waals surface area contributed by atoms with Gasteiger partial charge in [0, 0.05) is 36.6 Å². The molecule has 1 unspecified atom stereocenters.